The first-order valence-corrected chi connectivity index (χ1v) is 13.4. The highest BCUT2D eigenvalue weighted by Crippen LogP contribution is 2.28. The van der Waals surface area contributed by atoms with Crippen molar-refractivity contribution >= 4 is 11.0 Å². The molecule has 0 N–H and O–H groups in total. The van der Waals surface area contributed by atoms with E-state index in [0.29, 0.717) is 0 Å². The van der Waals surface area contributed by atoms with Gasteiger partial charge in [-0.15, -0.1) is 0 Å². The summed E-state index contributed by atoms with van der Waals surface area (Å²) < 4.78 is 7.83. The van der Waals surface area contributed by atoms with Gasteiger partial charge in [-0.2, -0.15) is 0 Å². The molecular weight excluding hydrogens is 404 g/mol. The predicted molar refractivity (Wildman–Crippen MR) is 142 cm³/mol. The second-order valence-electron chi connectivity index (χ2n) is 9.40. The van der Waals surface area contributed by atoms with Crippen LogP contribution in [0.2, 0.25) is 0 Å². The predicted octanol–water partition coefficient (Wildman–Crippen LogP) is 9.19. The van der Waals surface area contributed by atoms with Gasteiger partial charge < -0.3 is 9.30 Å². The van der Waals surface area contributed by atoms with Crippen molar-refractivity contribution in [3.05, 3.63) is 48.5 Å². The molecule has 3 nitrogen and oxygen atoms in total. The number of hydrogen-bond acceptors (Lipinski definition) is 2. The van der Waals surface area contributed by atoms with E-state index in [4.69, 9.17) is 9.72 Å². The van der Waals surface area contributed by atoms with Gasteiger partial charge in [-0.25, -0.2) is 4.98 Å². The van der Waals surface area contributed by atoms with Crippen molar-refractivity contribution in [1.29, 1.82) is 0 Å². The molecule has 0 unspecified atom stereocenters. The monoisotopic (exact) mass is 448 g/mol. The molecule has 2 aromatic carbocycles. The Morgan fingerprint density at radius 2 is 1.30 bits per heavy atom. The van der Waals surface area contributed by atoms with Gasteiger partial charge in [0.05, 0.1) is 18.1 Å². The number of hydrogen-bond donors (Lipinski definition) is 0. The Hall–Kier alpha value is -2.29. The lowest BCUT2D eigenvalue weighted by Gasteiger charge is -2.10. The standard InChI is InChI=1S/C30H44N2O/c1-3-4-5-6-7-8-9-10-11-12-13-14-15-18-24-32-29-23-17-16-22-28(29)31-30(32)26-20-19-21-27(25-26)33-2/h16-17,19-23,25H,3-15,18,24H2,1-2H3. The molecule has 180 valence electrons. The van der Waals surface area contributed by atoms with E-state index in [-0.39, 0.29) is 0 Å². The minimum Gasteiger partial charge on any atom is -0.497 e. The van der Waals surface area contributed by atoms with Gasteiger partial charge >= 0.3 is 0 Å². The maximum Gasteiger partial charge on any atom is 0.141 e. The van der Waals surface area contributed by atoms with Crippen LogP contribution < -0.4 is 4.74 Å². The van der Waals surface area contributed by atoms with Crippen LogP contribution in [0.3, 0.4) is 0 Å². The highest BCUT2D eigenvalue weighted by Gasteiger charge is 2.12. The molecule has 33 heavy (non-hydrogen) atoms. The minimum absolute atomic E-state index is 0.877. The first-order valence-electron chi connectivity index (χ1n) is 13.4. The van der Waals surface area contributed by atoms with Gasteiger partial charge in [0, 0.05) is 12.1 Å². The molecule has 0 aliphatic carbocycles. The van der Waals surface area contributed by atoms with Crippen LogP contribution >= 0.6 is 0 Å². The van der Waals surface area contributed by atoms with Crippen LogP contribution in [0.4, 0.5) is 0 Å². The second kappa shape index (κ2) is 14.8. The van der Waals surface area contributed by atoms with Crippen molar-refractivity contribution in [2.45, 2.75) is 103 Å². The quantitative estimate of drug-likeness (QED) is 0.192. The Labute approximate surface area is 201 Å². The molecule has 0 saturated carbocycles. The van der Waals surface area contributed by atoms with E-state index in [9.17, 15) is 0 Å². The zero-order valence-electron chi connectivity index (χ0n) is 21.0. The molecule has 0 amide bonds. The van der Waals surface area contributed by atoms with Crippen LogP contribution in [0.15, 0.2) is 48.5 Å². The Morgan fingerprint density at radius 1 is 0.697 bits per heavy atom. The first kappa shape index (κ1) is 25.3. The third-order valence-electron chi connectivity index (χ3n) is 6.72. The van der Waals surface area contributed by atoms with Gasteiger partial charge in [-0.05, 0) is 30.7 Å². The summed E-state index contributed by atoms with van der Waals surface area (Å²) in [7, 11) is 1.72. The summed E-state index contributed by atoms with van der Waals surface area (Å²) in [6.45, 7) is 3.31. The van der Waals surface area contributed by atoms with E-state index < -0.39 is 0 Å². The van der Waals surface area contributed by atoms with E-state index in [2.05, 4.69) is 47.9 Å². The Kier molecular flexibility index (Phi) is 11.3. The van der Waals surface area contributed by atoms with Crippen LogP contribution in [0.25, 0.3) is 22.4 Å². The smallest absolute Gasteiger partial charge is 0.141 e. The number of rotatable bonds is 17. The molecule has 0 bridgehead atoms. The van der Waals surface area contributed by atoms with E-state index in [0.717, 1.165) is 29.2 Å². The van der Waals surface area contributed by atoms with E-state index in [1.165, 1.54) is 95.4 Å². The average molecular weight is 449 g/mol. The number of fused-ring (bicyclic) bond motifs is 1. The van der Waals surface area contributed by atoms with Crippen molar-refractivity contribution < 1.29 is 4.74 Å². The summed E-state index contributed by atoms with van der Waals surface area (Å²) in [4.78, 5) is 4.95. The molecule has 0 aliphatic rings. The largest absolute Gasteiger partial charge is 0.497 e. The van der Waals surface area contributed by atoms with Crippen LogP contribution in [0, 0.1) is 0 Å². The molecule has 0 atom stereocenters. The molecule has 3 aromatic rings. The fourth-order valence-corrected chi connectivity index (χ4v) is 4.75. The lowest BCUT2D eigenvalue weighted by atomic mass is 10.0. The summed E-state index contributed by atoms with van der Waals surface area (Å²) in [5.41, 5.74) is 3.42. The zero-order valence-corrected chi connectivity index (χ0v) is 21.0. The molecular formula is C30H44N2O. The lowest BCUT2D eigenvalue weighted by molar-refractivity contribution is 0.415. The normalized spacial score (nSPS) is 11.3. The number of aromatic nitrogens is 2. The summed E-state index contributed by atoms with van der Waals surface area (Å²) in [6, 6.07) is 16.7. The van der Waals surface area contributed by atoms with Gasteiger partial charge in [-0.1, -0.05) is 115 Å². The molecule has 3 rings (SSSR count). The first-order chi connectivity index (χ1) is 16.3. The van der Waals surface area contributed by atoms with Crippen molar-refractivity contribution in [3.8, 4) is 17.1 Å². The number of nitrogens with zero attached hydrogens (tertiary/aromatic N) is 2. The van der Waals surface area contributed by atoms with E-state index >= 15 is 0 Å². The number of para-hydroxylation sites is 2. The van der Waals surface area contributed by atoms with Gasteiger partial charge in [0.15, 0.2) is 0 Å². The lowest BCUT2D eigenvalue weighted by Crippen LogP contribution is -2.01. The number of unbranched alkanes of at least 4 members (excludes halogenated alkanes) is 13. The van der Waals surface area contributed by atoms with Crippen LogP contribution in [-0.4, -0.2) is 16.7 Å². The molecule has 0 saturated heterocycles. The molecule has 0 radical (unpaired) electrons. The fourth-order valence-electron chi connectivity index (χ4n) is 4.75. The average Bonchev–Trinajstić information content (AvgIpc) is 3.23. The molecule has 1 aromatic heterocycles. The third-order valence-corrected chi connectivity index (χ3v) is 6.72. The van der Waals surface area contributed by atoms with Gasteiger partial charge in [0.25, 0.3) is 0 Å². The molecule has 0 aliphatic heterocycles. The summed E-state index contributed by atoms with van der Waals surface area (Å²) in [6.07, 6.45) is 19.4. The highest BCUT2D eigenvalue weighted by molar-refractivity contribution is 5.80. The zero-order chi connectivity index (χ0) is 23.1. The molecule has 3 heteroatoms. The second-order valence-corrected chi connectivity index (χ2v) is 9.40. The Morgan fingerprint density at radius 3 is 1.94 bits per heavy atom. The van der Waals surface area contributed by atoms with Gasteiger partial charge in [0.1, 0.15) is 11.6 Å². The minimum atomic E-state index is 0.877. The number of aryl methyl sites for hydroxylation is 1. The number of benzene rings is 2. The summed E-state index contributed by atoms with van der Waals surface area (Å²) in [5, 5.41) is 0. The Bertz CT molecular complexity index is 930. The fraction of sp³-hybridized carbons (Fsp3) is 0.567. The maximum atomic E-state index is 5.44. The maximum absolute atomic E-state index is 5.44. The SMILES string of the molecule is CCCCCCCCCCCCCCCCn1c(-c2cccc(OC)c2)nc2ccccc21. The van der Waals surface area contributed by atoms with Crippen molar-refractivity contribution in [3.63, 3.8) is 0 Å². The number of imidazole rings is 1. The van der Waals surface area contributed by atoms with Crippen LogP contribution in [0.1, 0.15) is 96.8 Å². The van der Waals surface area contributed by atoms with Gasteiger partial charge in [-0.3, -0.25) is 0 Å². The Balaban J connectivity index is 1.38. The number of ether oxygens (including phenoxy) is 1. The van der Waals surface area contributed by atoms with Crippen molar-refractivity contribution in [1.82, 2.24) is 9.55 Å². The number of methoxy groups -OCH3 is 1. The molecule has 0 fully saturated rings. The third kappa shape index (κ3) is 8.21. The van der Waals surface area contributed by atoms with Crippen LogP contribution in [0.5, 0.6) is 5.75 Å². The van der Waals surface area contributed by atoms with Crippen LogP contribution in [-0.2, 0) is 6.54 Å². The highest BCUT2D eigenvalue weighted by atomic mass is 16.5. The van der Waals surface area contributed by atoms with Crippen molar-refractivity contribution in [2.24, 2.45) is 0 Å². The van der Waals surface area contributed by atoms with E-state index in [1.54, 1.807) is 7.11 Å². The topological polar surface area (TPSA) is 27.1 Å². The van der Waals surface area contributed by atoms with Crippen molar-refractivity contribution in [2.75, 3.05) is 7.11 Å². The van der Waals surface area contributed by atoms with E-state index in [1.807, 2.05) is 12.1 Å². The summed E-state index contributed by atoms with van der Waals surface area (Å²) >= 11 is 0. The molecule has 0 spiro atoms. The molecule has 1 heterocycles. The summed E-state index contributed by atoms with van der Waals surface area (Å²) in [5.74, 6) is 1.92. The van der Waals surface area contributed by atoms with Gasteiger partial charge in [0.2, 0.25) is 0 Å².